The number of nitrogens with two attached hydrogens (primary N) is 1. The molecule has 5 heteroatoms. The van der Waals surface area contributed by atoms with Gasteiger partial charge < -0.3 is 5.73 Å². The van der Waals surface area contributed by atoms with Gasteiger partial charge in [-0.25, -0.2) is 0 Å². The van der Waals surface area contributed by atoms with E-state index in [-0.39, 0.29) is 0 Å². The summed E-state index contributed by atoms with van der Waals surface area (Å²) in [5, 5.41) is 1.31. The van der Waals surface area contributed by atoms with Crippen molar-refractivity contribution in [3.05, 3.63) is 45.5 Å². The Hall–Kier alpha value is -0.960. The van der Waals surface area contributed by atoms with E-state index >= 15 is 0 Å². The van der Waals surface area contributed by atoms with E-state index in [1.807, 2.05) is 0 Å². The van der Waals surface area contributed by atoms with E-state index in [4.69, 9.17) is 40.5 Å². The van der Waals surface area contributed by atoms with Gasteiger partial charge in [-0.05, 0) is 24.3 Å². The molecule has 0 atom stereocenters. The predicted molar refractivity (Wildman–Crippen MR) is 69.1 cm³/mol. The quantitative estimate of drug-likeness (QED) is 0.787. The van der Waals surface area contributed by atoms with Gasteiger partial charge in [-0.2, -0.15) is 0 Å². The van der Waals surface area contributed by atoms with Crippen molar-refractivity contribution >= 4 is 40.5 Å². The molecule has 2 N–H and O–H groups in total. The summed E-state index contributed by atoms with van der Waals surface area (Å²) >= 11 is 18.1. The van der Waals surface area contributed by atoms with Crippen molar-refractivity contribution in [3.8, 4) is 11.3 Å². The average molecular weight is 274 g/mol. The Morgan fingerprint density at radius 3 is 2.38 bits per heavy atom. The van der Waals surface area contributed by atoms with Crippen molar-refractivity contribution in [2.24, 2.45) is 0 Å². The molecule has 0 amide bonds. The van der Waals surface area contributed by atoms with E-state index < -0.39 is 0 Å². The zero-order valence-corrected chi connectivity index (χ0v) is 10.3. The number of nitrogen functional groups attached to an aromatic ring is 1. The molecule has 2 nitrogen and oxygen atoms in total. The number of hydrogen-bond donors (Lipinski definition) is 1. The van der Waals surface area contributed by atoms with Crippen molar-refractivity contribution < 1.29 is 0 Å². The highest BCUT2D eigenvalue weighted by Crippen LogP contribution is 2.38. The second-order valence-electron chi connectivity index (χ2n) is 3.19. The lowest BCUT2D eigenvalue weighted by atomic mass is 10.1. The molecule has 0 saturated heterocycles. The number of nitrogens with zero attached hydrogens (tertiary/aromatic N) is 1. The van der Waals surface area contributed by atoms with Gasteiger partial charge in [0.05, 0.1) is 20.8 Å². The second kappa shape index (κ2) is 4.50. The summed E-state index contributed by atoms with van der Waals surface area (Å²) in [6.45, 7) is 0. The zero-order chi connectivity index (χ0) is 11.7. The first-order chi connectivity index (χ1) is 7.59. The number of aromatic nitrogens is 1. The molecule has 0 bridgehead atoms. The number of pyridine rings is 1. The smallest absolute Gasteiger partial charge is 0.0753 e. The van der Waals surface area contributed by atoms with Crippen molar-refractivity contribution in [1.82, 2.24) is 4.98 Å². The summed E-state index contributed by atoms with van der Waals surface area (Å²) in [5.74, 6) is 0. The van der Waals surface area contributed by atoms with E-state index in [2.05, 4.69) is 4.98 Å². The van der Waals surface area contributed by atoms with Crippen LogP contribution in [0.2, 0.25) is 15.1 Å². The molecule has 0 radical (unpaired) electrons. The molecule has 0 unspecified atom stereocenters. The summed E-state index contributed by atoms with van der Waals surface area (Å²) in [5.41, 5.74) is 7.48. The van der Waals surface area contributed by atoms with Crippen LogP contribution in [0.4, 0.5) is 5.69 Å². The summed E-state index contributed by atoms with van der Waals surface area (Å²) in [7, 11) is 0. The number of hydrogen-bond acceptors (Lipinski definition) is 2. The van der Waals surface area contributed by atoms with Crippen LogP contribution >= 0.6 is 34.8 Å². The largest absolute Gasteiger partial charge is 0.399 e. The van der Waals surface area contributed by atoms with Gasteiger partial charge in [0, 0.05) is 17.4 Å². The van der Waals surface area contributed by atoms with Gasteiger partial charge in [-0.15, -0.1) is 0 Å². The molecular weight excluding hydrogens is 266 g/mol. The lowest BCUT2D eigenvalue weighted by molar-refractivity contribution is 1.33. The van der Waals surface area contributed by atoms with E-state index in [1.54, 1.807) is 30.5 Å². The minimum Gasteiger partial charge on any atom is -0.399 e. The molecule has 1 aromatic heterocycles. The lowest BCUT2D eigenvalue weighted by Gasteiger charge is -2.08. The van der Waals surface area contributed by atoms with Crippen LogP contribution in [0.5, 0.6) is 0 Å². The standard InChI is InChI=1S/C11H7Cl3N2/c12-7-1-2-8(13)11(14)10(7)9-5-6(15)3-4-16-9/h1-5H,(H2,15,16). The Balaban J connectivity index is 2.68. The molecule has 0 aliphatic carbocycles. The molecule has 1 aromatic carbocycles. The monoisotopic (exact) mass is 272 g/mol. The highest BCUT2D eigenvalue weighted by Gasteiger charge is 2.12. The van der Waals surface area contributed by atoms with E-state index in [0.717, 1.165) is 0 Å². The average Bonchev–Trinajstić information content (AvgIpc) is 2.24. The minimum absolute atomic E-state index is 0.382. The highest BCUT2D eigenvalue weighted by atomic mass is 35.5. The first-order valence-electron chi connectivity index (χ1n) is 4.45. The molecule has 82 valence electrons. The summed E-state index contributed by atoms with van der Waals surface area (Å²) < 4.78 is 0. The Kier molecular flexibility index (Phi) is 3.24. The van der Waals surface area contributed by atoms with Gasteiger partial charge >= 0.3 is 0 Å². The molecule has 0 fully saturated rings. The van der Waals surface area contributed by atoms with Crippen LogP contribution in [0.1, 0.15) is 0 Å². The predicted octanol–water partition coefficient (Wildman–Crippen LogP) is 4.29. The van der Waals surface area contributed by atoms with Gasteiger partial charge in [0.1, 0.15) is 0 Å². The van der Waals surface area contributed by atoms with Gasteiger partial charge in [0.15, 0.2) is 0 Å². The Bertz CT molecular complexity index is 541. The lowest BCUT2D eigenvalue weighted by Crippen LogP contribution is -1.90. The van der Waals surface area contributed by atoms with Crippen LogP contribution in [0.15, 0.2) is 30.5 Å². The molecule has 0 spiro atoms. The zero-order valence-electron chi connectivity index (χ0n) is 8.05. The molecule has 2 aromatic rings. The van der Waals surface area contributed by atoms with Crippen LogP contribution in [-0.2, 0) is 0 Å². The molecular formula is C11H7Cl3N2. The third-order valence-electron chi connectivity index (χ3n) is 2.08. The van der Waals surface area contributed by atoms with Crippen LogP contribution in [0.25, 0.3) is 11.3 Å². The molecule has 0 saturated carbocycles. The van der Waals surface area contributed by atoms with Crippen LogP contribution in [-0.4, -0.2) is 4.98 Å². The highest BCUT2D eigenvalue weighted by molar-refractivity contribution is 6.46. The maximum absolute atomic E-state index is 6.09. The van der Waals surface area contributed by atoms with Crippen molar-refractivity contribution in [3.63, 3.8) is 0 Å². The third-order valence-corrected chi connectivity index (χ3v) is 3.20. The molecule has 0 aliphatic rings. The third kappa shape index (κ3) is 2.09. The molecule has 0 aliphatic heterocycles. The SMILES string of the molecule is Nc1ccnc(-c2c(Cl)ccc(Cl)c2Cl)c1. The second-order valence-corrected chi connectivity index (χ2v) is 4.38. The van der Waals surface area contributed by atoms with E-state index in [0.29, 0.717) is 32.0 Å². The fourth-order valence-corrected chi connectivity index (χ4v) is 2.07. The van der Waals surface area contributed by atoms with Gasteiger partial charge in [-0.3, -0.25) is 4.98 Å². The number of benzene rings is 1. The first-order valence-corrected chi connectivity index (χ1v) is 5.58. The Morgan fingerprint density at radius 1 is 1.00 bits per heavy atom. The minimum atomic E-state index is 0.382. The number of anilines is 1. The number of rotatable bonds is 1. The van der Waals surface area contributed by atoms with Crippen molar-refractivity contribution in [1.29, 1.82) is 0 Å². The van der Waals surface area contributed by atoms with Gasteiger partial charge in [0.2, 0.25) is 0 Å². The summed E-state index contributed by atoms with van der Waals surface area (Å²) in [6.07, 6.45) is 1.60. The normalized spacial score (nSPS) is 10.4. The number of halogens is 3. The van der Waals surface area contributed by atoms with Crippen LogP contribution in [0, 0.1) is 0 Å². The topological polar surface area (TPSA) is 38.9 Å². The van der Waals surface area contributed by atoms with Crippen molar-refractivity contribution in [2.75, 3.05) is 5.73 Å². The van der Waals surface area contributed by atoms with Gasteiger partial charge in [0.25, 0.3) is 0 Å². The maximum atomic E-state index is 6.09. The van der Waals surface area contributed by atoms with Crippen molar-refractivity contribution in [2.45, 2.75) is 0 Å². The first kappa shape index (κ1) is 11.5. The fourth-order valence-electron chi connectivity index (χ4n) is 1.35. The maximum Gasteiger partial charge on any atom is 0.0753 e. The summed E-state index contributed by atoms with van der Waals surface area (Å²) in [6, 6.07) is 6.71. The molecule has 16 heavy (non-hydrogen) atoms. The van der Waals surface area contributed by atoms with Gasteiger partial charge in [-0.1, -0.05) is 34.8 Å². The fraction of sp³-hybridized carbons (Fsp3) is 0. The van der Waals surface area contributed by atoms with E-state index in [1.165, 1.54) is 0 Å². The van der Waals surface area contributed by atoms with Crippen LogP contribution < -0.4 is 5.73 Å². The molecule has 1 heterocycles. The summed E-state index contributed by atoms with van der Waals surface area (Å²) in [4.78, 5) is 4.17. The Labute approximate surface area is 108 Å². The Morgan fingerprint density at radius 2 is 1.69 bits per heavy atom. The van der Waals surface area contributed by atoms with E-state index in [9.17, 15) is 0 Å². The molecule has 2 rings (SSSR count). The van der Waals surface area contributed by atoms with Crippen LogP contribution in [0.3, 0.4) is 0 Å².